The summed E-state index contributed by atoms with van der Waals surface area (Å²) < 4.78 is 1.35. The molecule has 0 atom stereocenters. The third kappa shape index (κ3) is 2.98. The Hall–Kier alpha value is -0.551. The Morgan fingerprint density at radius 2 is 1.81 bits per heavy atom. The Balaban J connectivity index is 2.15. The number of para-hydroxylation sites is 1. The second-order valence-electron chi connectivity index (χ2n) is 4.78. The first kappa shape index (κ1) is 11.9. The molecule has 1 N–H and O–H groups in total. The van der Waals surface area contributed by atoms with Crippen LogP contribution < -0.4 is 9.03 Å². The maximum atomic E-state index is 4.68. The SMILES string of the molecule is [CH3][Sn]([CH3])([CH3])[c]1csc(Nc2ccccc2)n1. The summed E-state index contributed by atoms with van der Waals surface area (Å²) >= 11 is -0.280. The molecule has 4 heteroatoms. The Labute approximate surface area is 105 Å². The van der Waals surface area contributed by atoms with Crippen LogP contribution in [-0.2, 0) is 0 Å². The van der Waals surface area contributed by atoms with E-state index in [2.05, 4.69) is 42.6 Å². The molecule has 0 saturated carbocycles. The third-order valence-electron chi connectivity index (χ3n) is 2.30. The Bertz CT molecular complexity index is 459. The molecule has 0 aliphatic carbocycles. The summed E-state index contributed by atoms with van der Waals surface area (Å²) in [6.45, 7) is 0. The zero-order chi connectivity index (χ0) is 11.6. The van der Waals surface area contributed by atoms with Gasteiger partial charge in [0.15, 0.2) is 0 Å². The van der Waals surface area contributed by atoms with Crippen molar-refractivity contribution in [1.82, 2.24) is 4.98 Å². The fourth-order valence-corrected chi connectivity index (χ4v) is 7.32. The fourth-order valence-electron chi connectivity index (χ4n) is 1.32. The van der Waals surface area contributed by atoms with Crippen LogP contribution in [0.25, 0.3) is 0 Å². The van der Waals surface area contributed by atoms with Gasteiger partial charge in [-0.3, -0.25) is 0 Å². The standard InChI is InChI=1S/C9H7N2S.3CH3.Sn/c1-2-4-8(5-3-1)11-9-10-6-7-12-9;;;;/h1-5,7H,(H,10,11);3*1H3;. The number of anilines is 2. The summed E-state index contributed by atoms with van der Waals surface area (Å²) in [7, 11) is 0. The summed E-state index contributed by atoms with van der Waals surface area (Å²) in [5.41, 5.74) is 1.10. The molecule has 0 radical (unpaired) electrons. The summed E-state index contributed by atoms with van der Waals surface area (Å²) in [6.07, 6.45) is 0. The van der Waals surface area contributed by atoms with Crippen molar-refractivity contribution in [3.05, 3.63) is 35.7 Å². The van der Waals surface area contributed by atoms with Crippen LogP contribution in [0.2, 0.25) is 14.8 Å². The molecule has 2 aromatic rings. The Kier molecular flexibility index (Phi) is 3.54. The van der Waals surface area contributed by atoms with E-state index >= 15 is 0 Å². The minimum absolute atomic E-state index is 1.01. The van der Waals surface area contributed by atoms with E-state index < -0.39 is 18.4 Å². The number of aromatic nitrogens is 1. The van der Waals surface area contributed by atoms with Crippen molar-refractivity contribution in [3.8, 4) is 0 Å². The summed E-state index contributed by atoms with van der Waals surface area (Å²) in [6, 6.07) is 10.2. The van der Waals surface area contributed by atoms with E-state index in [9.17, 15) is 0 Å². The van der Waals surface area contributed by atoms with Crippen molar-refractivity contribution in [2.24, 2.45) is 0 Å². The second-order valence-corrected chi connectivity index (χ2v) is 19.9. The van der Waals surface area contributed by atoms with Gasteiger partial charge >= 0.3 is 105 Å². The van der Waals surface area contributed by atoms with Gasteiger partial charge in [-0.05, 0) is 0 Å². The molecule has 16 heavy (non-hydrogen) atoms. The van der Waals surface area contributed by atoms with Crippen molar-refractivity contribution in [1.29, 1.82) is 0 Å². The number of hydrogen-bond donors (Lipinski definition) is 1. The average molecular weight is 339 g/mol. The number of nitrogens with zero attached hydrogens (tertiary/aromatic N) is 1. The summed E-state index contributed by atoms with van der Waals surface area (Å²) in [5.74, 6) is 0. The number of hydrogen-bond acceptors (Lipinski definition) is 3. The number of thiazole rings is 1. The van der Waals surface area contributed by atoms with Crippen molar-refractivity contribution in [3.63, 3.8) is 0 Å². The van der Waals surface area contributed by atoms with E-state index in [-0.39, 0.29) is 0 Å². The first-order valence-corrected chi connectivity index (χ1v) is 16.2. The zero-order valence-corrected chi connectivity index (χ0v) is 13.5. The van der Waals surface area contributed by atoms with Crippen LogP contribution in [0.1, 0.15) is 0 Å². The van der Waals surface area contributed by atoms with Crippen LogP contribution in [0, 0.1) is 0 Å². The zero-order valence-electron chi connectivity index (χ0n) is 9.82. The van der Waals surface area contributed by atoms with E-state index in [0.717, 1.165) is 10.8 Å². The van der Waals surface area contributed by atoms with Crippen LogP contribution in [-0.4, -0.2) is 23.4 Å². The molecule has 0 unspecified atom stereocenters. The molecule has 0 saturated heterocycles. The fraction of sp³-hybridized carbons (Fsp3) is 0.250. The first-order chi connectivity index (χ1) is 7.55. The van der Waals surface area contributed by atoms with Crippen LogP contribution in [0.4, 0.5) is 10.8 Å². The van der Waals surface area contributed by atoms with E-state index in [1.807, 2.05) is 18.2 Å². The quantitative estimate of drug-likeness (QED) is 0.867. The molecule has 1 heterocycles. The number of nitrogens with one attached hydrogen (secondary N) is 1. The maximum absolute atomic E-state index is 4.68. The molecule has 1 aromatic heterocycles. The molecule has 0 aliphatic heterocycles. The number of benzene rings is 1. The van der Waals surface area contributed by atoms with Gasteiger partial charge in [0.05, 0.1) is 0 Å². The van der Waals surface area contributed by atoms with Crippen LogP contribution in [0.5, 0.6) is 0 Å². The van der Waals surface area contributed by atoms with Gasteiger partial charge in [0.2, 0.25) is 0 Å². The van der Waals surface area contributed by atoms with Gasteiger partial charge in [0.25, 0.3) is 0 Å². The van der Waals surface area contributed by atoms with E-state index in [4.69, 9.17) is 0 Å². The van der Waals surface area contributed by atoms with Gasteiger partial charge in [-0.25, -0.2) is 0 Å². The topological polar surface area (TPSA) is 24.9 Å². The van der Waals surface area contributed by atoms with Gasteiger partial charge in [-0.1, -0.05) is 0 Å². The normalized spacial score (nSPS) is 11.4. The molecular formula is C12H16N2SSn. The van der Waals surface area contributed by atoms with Gasteiger partial charge < -0.3 is 0 Å². The molecule has 0 amide bonds. The van der Waals surface area contributed by atoms with Gasteiger partial charge in [-0.2, -0.15) is 0 Å². The Morgan fingerprint density at radius 3 is 2.38 bits per heavy atom. The van der Waals surface area contributed by atoms with Crippen LogP contribution in [0.3, 0.4) is 0 Å². The summed E-state index contributed by atoms with van der Waals surface area (Å²) in [5, 5.41) is 6.55. The Morgan fingerprint density at radius 1 is 1.12 bits per heavy atom. The van der Waals surface area contributed by atoms with E-state index in [1.54, 1.807) is 11.3 Å². The molecule has 2 nitrogen and oxygen atoms in total. The average Bonchev–Trinajstić information content (AvgIpc) is 2.67. The summed E-state index contributed by atoms with van der Waals surface area (Å²) in [4.78, 5) is 11.8. The number of rotatable bonds is 3. The minimum atomic E-state index is -1.98. The van der Waals surface area contributed by atoms with Crippen molar-refractivity contribution >= 4 is 44.2 Å². The molecule has 0 bridgehead atoms. The van der Waals surface area contributed by atoms with Crippen LogP contribution >= 0.6 is 11.3 Å². The van der Waals surface area contributed by atoms with Gasteiger partial charge in [0, 0.05) is 0 Å². The van der Waals surface area contributed by atoms with Crippen molar-refractivity contribution in [2.75, 3.05) is 5.32 Å². The van der Waals surface area contributed by atoms with Gasteiger partial charge in [-0.15, -0.1) is 0 Å². The first-order valence-electron chi connectivity index (χ1n) is 5.34. The molecule has 84 valence electrons. The van der Waals surface area contributed by atoms with Crippen LogP contribution in [0.15, 0.2) is 35.7 Å². The molecule has 0 aliphatic rings. The molecule has 1 aromatic carbocycles. The molecule has 0 fully saturated rings. The molecule has 2 rings (SSSR count). The molecular weight excluding hydrogens is 323 g/mol. The van der Waals surface area contributed by atoms with Gasteiger partial charge in [0.1, 0.15) is 0 Å². The molecule has 0 spiro atoms. The predicted octanol–water partition coefficient (Wildman–Crippen LogP) is 3.43. The monoisotopic (exact) mass is 340 g/mol. The predicted molar refractivity (Wildman–Crippen MR) is 74.8 cm³/mol. The van der Waals surface area contributed by atoms with E-state index in [0.29, 0.717) is 0 Å². The van der Waals surface area contributed by atoms with Crippen molar-refractivity contribution in [2.45, 2.75) is 14.8 Å². The van der Waals surface area contributed by atoms with Crippen molar-refractivity contribution < 1.29 is 0 Å². The third-order valence-corrected chi connectivity index (χ3v) is 8.77. The second kappa shape index (κ2) is 4.75. The van der Waals surface area contributed by atoms with E-state index in [1.165, 1.54) is 3.71 Å².